The molecule has 1 unspecified atom stereocenters. The first kappa shape index (κ1) is 23.0. The molecule has 0 fully saturated rings. The molecule has 0 bridgehead atoms. The third kappa shape index (κ3) is 6.10. The minimum atomic E-state index is -1.07. The van der Waals surface area contributed by atoms with Gasteiger partial charge in [-0.05, 0) is 44.9 Å². The van der Waals surface area contributed by atoms with E-state index in [0.29, 0.717) is 19.8 Å². The molecule has 1 aliphatic rings. The van der Waals surface area contributed by atoms with Gasteiger partial charge < -0.3 is 23.7 Å². The molecule has 5 nitrogen and oxygen atoms in total. The minimum absolute atomic E-state index is 0.0342. The summed E-state index contributed by atoms with van der Waals surface area (Å²) in [4.78, 5) is 0. The fourth-order valence-corrected chi connectivity index (χ4v) is 3.84. The van der Waals surface area contributed by atoms with Crippen molar-refractivity contribution in [2.75, 3.05) is 26.6 Å². The Kier molecular flexibility index (Phi) is 10.1. The Morgan fingerprint density at radius 1 is 0.821 bits per heavy atom. The van der Waals surface area contributed by atoms with Crippen molar-refractivity contribution in [3.05, 3.63) is 23.8 Å². The zero-order chi connectivity index (χ0) is 20.2. The molecule has 0 aromatic heterocycles. The van der Waals surface area contributed by atoms with E-state index in [0.717, 1.165) is 29.9 Å². The molecule has 1 aliphatic heterocycles. The van der Waals surface area contributed by atoms with Crippen molar-refractivity contribution in [1.29, 1.82) is 0 Å². The Morgan fingerprint density at radius 3 is 2.07 bits per heavy atom. The van der Waals surface area contributed by atoms with Crippen molar-refractivity contribution >= 4 is 0 Å². The van der Waals surface area contributed by atoms with Crippen molar-refractivity contribution in [3.63, 3.8) is 0 Å². The van der Waals surface area contributed by atoms with Gasteiger partial charge in [-0.3, -0.25) is 0 Å². The quantitative estimate of drug-likeness (QED) is 0.269. The van der Waals surface area contributed by atoms with E-state index in [1.165, 1.54) is 32.1 Å². The summed E-state index contributed by atoms with van der Waals surface area (Å²) in [6, 6.07) is 6.11. The molecule has 0 aliphatic carbocycles. The number of benzene rings is 1. The standard InChI is InChI=1S/C23H38O5/c1-5-9-10-11-12-13-14-20(23(26-6-2,27-7-3)28-8-4)19-15-16-21-22(17-19)25-18-24-21/h15-17,20H,5-14,18H2,1-4H3. The van der Waals surface area contributed by atoms with Crippen LogP contribution in [0.25, 0.3) is 0 Å². The van der Waals surface area contributed by atoms with Gasteiger partial charge in [0.25, 0.3) is 5.97 Å². The highest BCUT2D eigenvalue weighted by Crippen LogP contribution is 2.42. The molecule has 0 radical (unpaired) electrons. The first-order valence-corrected chi connectivity index (χ1v) is 11.0. The number of unbranched alkanes of at least 4 members (excludes halogenated alkanes) is 5. The second kappa shape index (κ2) is 12.3. The van der Waals surface area contributed by atoms with Crippen molar-refractivity contribution in [2.24, 2.45) is 0 Å². The van der Waals surface area contributed by atoms with E-state index in [9.17, 15) is 0 Å². The molecule has 1 atom stereocenters. The average molecular weight is 395 g/mol. The van der Waals surface area contributed by atoms with E-state index in [1.807, 2.05) is 26.8 Å². The molecule has 1 aromatic rings. The van der Waals surface area contributed by atoms with Crippen LogP contribution in [0.4, 0.5) is 0 Å². The van der Waals surface area contributed by atoms with E-state index >= 15 is 0 Å². The van der Waals surface area contributed by atoms with Crippen LogP contribution < -0.4 is 9.47 Å². The second-order valence-electron chi connectivity index (χ2n) is 7.12. The van der Waals surface area contributed by atoms with Gasteiger partial charge in [-0.25, -0.2) is 0 Å². The predicted octanol–water partition coefficient (Wildman–Crippen LogP) is 6.01. The van der Waals surface area contributed by atoms with Gasteiger partial charge in [0.05, 0.1) is 5.92 Å². The van der Waals surface area contributed by atoms with Crippen LogP contribution in [0.5, 0.6) is 11.5 Å². The van der Waals surface area contributed by atoms with Crippen molar-refractivity contribution < 1.29 is 23.7 Å². The summed E-state index contributed by atoms with van der Waals surface area (Å²) < 4.78 is 29.5. The molecule has 1 aromatic carbocycles. The summed E-state index contributed by atoms with van der Waals surface area (Å²) in [5.41, 5.74) is 1.10. The topological polar surface area (TPSA) is 46.2 Å². The summed E-state index contributed by atoms with van der Waals surface area (Å²) in [6.07, 6.45) is 8.41. The normalized spacial score (nSPS) is 14.4. The van der Waals surface area contributed by atoms with Gasteiger partial charge in [0.2, 0.25) is 6.79 Å². The van der Waals surface area contributed by atoms with Crippen LogP contribution in [0.2, 0.25) is 0 Å². The molecule has 5 heteroatoms. The molecule has 0 spiro atoms. The smallest absolute Gasteiger partial charge is 0.290 e. The monoisotopic (exact) mass is 394 g/mol. The van der Waals surface area contributed by atoms with Crippen molar-refractivity contribution in [3.8, 4) is 11.5 Å². The maximum absolute atomic E-state index is 6.13. The largest absolute Gasteiger partial charge is 0.454 e. The molecule has 1 heterocycles. The van der Waals surface area contributed by atoms with Crippen LogP contribution >= 0.6 is 0 Å². The van der Waals surface area contributed by atoms with Gasteiger partial charge in [-0.15, -0.1) is 0 Å². The molecular weight excluding hydrogens is 356 g/mol. The Labute approximate surface area is 170 Å². The molecule has 0 saturated carbocycles. The van der Waals surface area contributed by atoms with Crippen LogP contribution in [0, 0.1) is 0 Å². The summed E-state index contributed by atoms with van der Waals surface area (Å²) >= 11 is 0. The molecule has 28 heavy (non-hydrogen) atoms. The molecule has 0 amide bonds. The van der Waals surface area contributed by atoms with Crippen molar-refractivity contribution in [2.45, 2.75) is 84.5 Å². The third-order valence-corrected chi connectivity index (χ3v) is 5.11. The van der Waals surface area contributed by atoms with Crippen molar-refractivity contribution in [1.82, 2.24) is 0 Å². The summed E-state index contributed by atoms with van der Waals surface area (Å²) in [5.74, 6) is 0.462. The summed E-state index contributed by atoms with van der Waals surface area (Å²) in [7, 11) is 0. The first-order valence-electron chi connectivity index (χ1n) is 11.0. The fourth-order valence-electron chi connectivity index (χ4n) is 3.84. The Balaban J connectivity index is 2.22. The van der Waals surface area contributed by atoms with E-state index in [2.05, 4.69) is 19.1 Å². The summed E-state index contributed by atoms with van der Waals surface area (Å²) in [6.45, 7) is 10.0. The highest BCUT2D eigenvalue weighted by Gasteiger charge is 2.43. The average Bonchev–Trinajstić information content (AvgIpc) is 3.16. The Bertz CT molecular complexity index is 543. The van der Waals surface area contributed by atoms with Gasteiger partial charge in [-0.1, -0.05) is 51.5 Å². The second-order valence-corrected chi connectivity index (χ2v) is 7.12. The summed E-state index contributed by atoms with van der Waals surface area (Å²) in [5, 5.41) is 0. The SMILES string of the molecule is CCCCCCCCC(c1ccc2c(c1)OCO2)C(OCC)(OCC)OCC. The zero-order valence-corrected chi connectivity index (χ0v) is 18.1. The minimum Gasteiger partial charge on any atom is -0.454 e. The number of fused-ring (bicyclic) bond motifs is 1. The lowest BCUT2D eigenvalue weighted by atomic mass is 9.89. The van der Waals surface area contributed by atoms with Crippen LogP contribution in [0.1, 0.15) is 84.1 Å². The van der Waals surface area contributed by atoms with Gasteiger partial charge in [0.15, 0.2) is 11.5 Å². The Hall–Kier alpha value is -1.30. The van der Waals surface area contributed by atoms with Gasteiger partial charge in [0.1, 0.15) is 0 Å². The molecule has 2 rings (SSSR count). The van der Waals surface area contributed by atoms with Crippen LogP contribution in [0.3, 0.4) is 0 Å². The van der Waals surface area contributed by atoms with E-state index in [1.54, 1.807) is 0 Å². The molecular formula is C23H38O5. The predicted molar refractivity (Wildman–Crippen MR) is 111 cm³/mol. The lowest BCUT2D eigenvalue weighted by molar-refractivity contribution is -0.389. The number of rotatable bonds is 15. The molecule has 0 saturated heterocycles. The highest BCUT2D eigenvalue weighted by atomic mass is 16.9. The first-order chi connectivity index (χ1) is 13.7. The van der Waals surface area contributed by atoms with E-state index < -0.39 is 5.97 Å². The van der Waals surface area contributed by atoms with E-state index in [-0.39, 0.29) is 12.7 Å². The van der Waals surface area contributed by atoms with Gasteiger partial charge in [0, 0.05) is 19.8 Å². The fraction of sp³-hybridized carbons (Fsp3) is 0.739. The maximum atomic E-state index is 6.13. The van der Waals surface area contributed by atoms with Crippen LogP contribution in [-0.2, 0) is 14.2 Å². The number of hydrogen-bond donors (Lipinski definition) is 0. The van der Waals surface area contributed by atoms with Gasteiger partial charge >= 0.3 is 0 Å². The lowest BCUT2D eigenvalue weighted by Crippen LogP contribution is -2.45. The van der Waals surface area contributed by atoms with E-state index in [4.69, 9.17) is 23.7 Å². The molecule has 0 N–H and O–H groups in total. The zero-order valence-electron chi connectivity index (χ0n) is 18.1. The Morgan fingerprint density at radius 2 is 1.43 bits per heavy atom. The highest BCUT2D eigenvalue weighted by molar-refractivity contribution is 5.45. The number of hydrogen-bond acceptors (Lipinski definition) is 5. The lowest BCUT2D eigenvalue weighted by Gasteiger charge is -2.39. The third-order valence-electron chi connectivity index (χ3n) is 5.11. The number of ether oxygens (including phenoxy) is 5. The van der Waals surface area contributed by atoms with Gasteiger partial charge in [-0.2, -0.15) is 0 Å². The maximum Gasteiger partial charge on any atom is 0.290 e. The van der Waals surface area contributed by atoms with Crippen LogP contribution in [0.15, 0.2) is 18.2 Å². The molecule has 160 valence electrons. The van der Waals surface area contributed by atoms with Crippen LogP contribution in [-0.4, -0.2) is 32.6 Å².